The summed E-state index contributed by atoms with van der Waals surface area (Å²) in [5, 5.41) is 11.3. The number of amides is 1. The fourth-order valence-electron chi connectivity index (χ4n) is 3.06. The number of carbonyl (C=O) groups is 2. The smallest absolute Gasteiger partial charge is 0.310 e. The van der Waals surface area contributed by atoms with Crippen LogP contribution in [0.4, 0.5) is 10.1 Å². The van der Waals surface area contributed by atoms with Crippen LogP contribution in [-0.4, -0.2) is 35.2 Å². The van der Waals surface area contributed by atoms with E-state index in [0.29, 0.717) is 5.56 Å². The van der Waals surface area contributed by atoms with Gasteiger partial charge in [-0.1, -0.05) is 30.3 Å². The van der Waals surface area contributed by atoms with Crippen molar-refractivity contribution in [1.82, 2.24) is 4.98 Å². The molecule has 1 heterocycles. The number of nitrogens with zero attached hydrogens (tertiary/aromatic N) is 1. The SMILES string of the molecule is NCc1ccc(C(=O)Nc2ccncc2F)cc1-c1cccc(CC(=O)OCCO)c1. The zero-order chi connectivity index (χ0) is 22.2. The zero-order valence-electron chi connectivity index (χ0n) is 16.7. The predicted octanol–water partition coefficient (Wildman–Crippen LogP) is 2.68. The summed E-state index contributed by atoms with van der Waals surface area (Å²) in [5.41, 5.74) is 9.28. The summed E-state index contributed by atoms with van der Waals surface area (Å²) in [6, 6.07) is 13.7. The van der Waals surface area contributed by atoms with Crippen LogP contribution in [-0.2, 0) is 22.5 Å². The van der Waals surface area contributed by atoms with Gasteiger partial charge >= 0.3 is 5.97 Å². The molecule has 0 spiro atoms. The Bertz CT molecular complexity index is 1090. The first kappa shape index (κ1) is 22.1. The number of anilines is 1. The lowest BCUT2D eigenvalue weighted by Gasteiger charge is -2.13. The van der Waals surface area contributed by atoms with Crippen LogP contribution in [0.2, 0.25) is 0 Å². The highest BCUT2D eigenvalue weighted by atomic mass is 19.1. The largest absolute Gasteiger partial charge is 0.463 e. The van der Waals surface area contributed by atoms with Gasteiger partial charge in [0.25, 0.3) is 5.91 Å². The number of pyridine rings is 1. The van der Waals surface area contributed by atoms with Crippen molar-refractivity contribution < 1.29 is 23.8 Å². The van der Waals surface area contributed by atoms with Crippen LogP contribution in [0.5, 0.6) is 0 Å². The van der Waals surface area contributed by atoms with Crippen molar-refractivity contribution in [1.29, 1.82) is 0 Å². The summed E-state index contributed by atoms with van der Waals surface area (Å²) in [6.07, 6.45) is 2.46. The summed E-state index contributed by atoms with van der Waals surface area (Å²) in [7, 11) is 0. The Balaban J connectivity index is 1.87. The second-order valence-electron chi connectivity index (χ2n) is 6.71. The van der Waals surface area contributed by atoms with Crippen molar-refractivity contribution >= 4 is 17.6 Å². The molecule has 0 aliphatic carbocycles. The number of aromatic nitrogens is 1. The molecule has 3 aromatic rings. The first-order valence-corrected chi connectivity index (χ1v) is 9.61. The molecule has 0 unspecified atom stereocenters. The molecule has 0 radical (unpaired) electrons. The number of esters is 1. The molecule has 1 amide bonds. The van der Waals surface area contributed by atoms with E-state index in [9.17, 15) is 14.0 Å². The van der Waals surface area contributed by atoms with Crippen molar-refractivity contribution in [3.05, 3.63) is 83.4 Å². The second kappa shape index (κ2) is 10.4. The number of hydrogen-bond donors (Lipinski definition) is 3. The van der Waals surface area contributed by atoms with Gasteiger partial charge in [-0.05, 0) is 40.5 Å². The Kier molecular flexibility index (Phi) is 7.42. The Morgan fingerprint density at radius 2 is 2.00 bits per heavy atom. The van der Waals surface area contributed by atoms with E-state index in [-0.39, 0.29) is 31.9 Å². The van der Waals surface area contributed by atoms with Gasteiger partial charge in [0.1, 0.15) is 6.61 Å². The molecule has 0 aliphatic heterocycles. The average molecular weight is 423 g/mol. The Morgan fingerprint density at radius 3 is 2.74 bits per heavy atom. The molecule has 31 heavy (non-hydrogen) atoms. The van der Waals surface area contributed by atoms with Gasteiger partial charge < -0.3 is 20.9 Å². The van der Waals surface area contributed by atoms with Crippen LogP contribution < -0.4 is 11.1 Å². The molecule has 7 nitrogen and oxygen atoms in total. The van der Waals surface area contributed by atoms with E-state index >= 15 is 0 Å². The summed E-state index contributed by atoms with van der Waals surface area (Å²) in [6.45, 7) is -0.0338. The monoisotopic (exact) mass is 423 g/mol. The van der Waals surface area contributed by atoms with E-state index in [0.717, 1.165) is 28.5 Å². The molecule has 0 saturated carbocycles. The number of ether oxygens (including phenoxy) is 1. The van der Waals surface area contributed by atoms with E-state index in [2.05, 4.69) is 10.3 Å². The molecule has 4 N–H and O–H groups in total. The lowest BCUT2D eigenvalue weighted by Crippen LogP contribution is -2.14. The third kappa shape index (κ3) is 5.71. The number of aliphatic hydroxyl groups excluding tert-OH is 1. The molecule has 0 saturated heterocycles. The molecule has 0 aliphatic rings. The molecule has 3 rings (SSSR count). The van der Waals surface area contributed by atoms with E-state index in [1.165, 1.54) is 12.3 Å². The highest BCUT2D eigenvalue weighted by Crippen LogP contribution is 2.27. The number of nitrogens with one attached hydrogen (secondary N) is 1. The fraction of sp³-hybridized carbons (Fsp3) is 0.174. The van der Waals surface area contributed by atoms with Gasteiger partial charge in [0, 0.05) is 18.3 Å². The number of nitrogens with two attached hydrogens (primary N) is 1. The summed E-state index contributed by atoms with van der Waals surface area (Å²) in [4.78, 5) is 28.2. The van der Waals surface area contributed by atoms with Crippen molar-refractivity contribution in [3.63, 3.8) is 0 Å². The van der Waals surface area contributed by atoms with Crippen LogP contribution in [0, 0.1) is 5.82 Å². The van der Waals surface area contributed by atoms with E-state index in [1.54, 1.807) is 30.3 Å². The van der Waals surface area contributed by atoms with Gasteiger partial charge in [0.15, 0.2) is 5.82 Å². The maximum absolute atomic E-state index is 13.8. The minimum absolute atomic E-state index is 0.0350. The zero-order valence-corrected chi connectivity index (χ0v) is 16.7. The molecule has 0 atom stereocenters. The fourth-order valence-corrected chi connectivity index (χ4v) is 3.06. The Morgan fingerprint density at radius 1 is 1.16 bits per heavy atom. The number of rotatable bonds is 8. The number of halogens is 1. The normalized spacial score (nSPS) is 10.5. The number of aliphatic hydroxyl groups is 1. The van der Waals surface area contributed by atoms with Crippen LogP contribution in [0.3, 0.4) is 0 Å². The van der Waals surface area contributed by atoms with Gasteiger partial charge in [-0.2, -0.15) is 0 Å². The molecule has 8 heteroatoms. The topological polar surface area (TPSA) is 115 Å². The van der Waals surface area contributed by atoms with Crippen LogP contribution in [0.1, 0.15) is 21.5 Å². The number of benzene rings is 2. The predicted molar refractivity (Wildman–Crippen MR) is 114 cm³/mol. The Labute approximate surface area is 178 Å². The third-order valence-electron chi connectivity index (χ3n) is 4.55. The molecular weight excluding hydrogens is 401 g/mol. The van der Waals surface area contributed by atoms with E-state index in [1.807, 2.05) is 12.1 Å². The average Bonchev–Trinajstić information content (AvgIpc) is 2.79. The lowest BCUT2D eigenvalue weighted by molar-refractivity contribution is -0.143. The lowest BCUT2D eigenvalue weighted by atomic mass is 9.95. The molecule has 160 valence electrons. The third-order valence-corrected chi connectivity index (χ3v) is 4.55. The van der Waals surface area contributed by atoms with Gasteiger partial charge in [0.2, 0.25) is 0 Å². The minimum atomic E-state index is -0.629. The van der Waals surface area contributed by atoms with E-state index < -0.39 is 17.7 Å². The van der Waals surface area contributed by atoms with Gasteiger partial charge in [-0.15, -0.1) is 0 Å². The quantitative estimate of drug-likeness (QED) is 0.480. The summed E-state index contributed by atoms with van der Waals surface area (Å²) in [5.74, 6) is -1.55. The Hall–Kier alpha value is -3.62. The van der Waals surface area contributed by atoms with Crippen LogP contribution in [0.15, 0.2) is 60.9 Å². The highest BCUT2D eigenvalue weighted by Gasteiger charge is 2.14. The molecule has 2 aromatic carbocycles. The van der Waals surface area contributed by atoms with Crippen molar-refractivity contribution in [2.45, 2.75) is 13.0 Å². The molecular formula is C23H22FN3O4. The minimum Gasteiger partial charge on any atom is -0.463 e. The van der Waals surface area contributed by atoms with Crippen molar-refractivity contribution in [2.75, 3.05) is 18.5 Å². The first-order valence-electron chi connectivity index (χ1n) is 9.61. The van der Waals surface area contributed by atoms with Gasteiger partial charge in [0.05, 0.1) is 24.9 Å². The highest BCUT2D eigenvalue weighted by molar-refractivity contribution is 6.05. The standard InChI is InChI=1S/C23H22FN3O4/c24-20-14-26-7-6-21(20)27-23(30)17-4-5-18(13-25)19(12-17)16-3-1-2-15(10-16)11-22(29)31-9-8-28/h1-7,10,12,14,28H,8-9,11,13,25H2,(H,26,27,30). The van der Waals surface area contributed by atoms with Crippen LogP contribution >= 0.6 is 0 Å². The van der Waals surface area contributed by atoms with Gasteiger partial charge in [-0.25, -0.2) is 4.39 Å². The maximum Gasteiger partial charge on any atom is 0.310 e. The molecule has 1 aromatic heterocycles. The van der Waals surface area contributed by atoms with Gasteiger partial charge in [-0.3, -0.25) is 14.6 Å². The summed E-state index contributed by atoms with van der Waals surface area (Å²) >= 11 is 0. The maximum atomic E-state index is 13.8. The number of hydrogen-bond acceptors (Lipinski definition) is 6. The van der Waals surface area contributed by atoms with Crippen molar-refractivity contribution in [2.24, 2.45) is 5.73 Å². The molecule has 0 fully saturated rings. The van der Waals surface area contributed by atoms with Crippen molar-refractivity contribution in [3.8, 4) is 11.1 Å². The molecule has 0 bridgehead atoms. The summed E-state index contributed by atoms with van der Waals surface area (Å²) < 4.78 is 18.7. The first-order chi connectivity index (χ1) is 15.0. The van der Waals surface area contributed by atoms with Crippen LogP contribution in [0.25, 0.3) is 11.1 Å². The number of carbonyl (C=O) groups excluding carboxylic acids is 2. The van der Waals surface area contributed by atoms with E-state index in [4.69, 9.17) is 15.6 Å². The second-order valence-corrected chi connectivity index (χ2v) is 6.71.